The van der Waals surface area contributed by atoms with Gasteiger partial charge in [-0.2, -0.15) is 0 Å². The topological polar surface area (TPSA) is 83.5 Å². The van der Waals surface area contributed by atoms with Gasteiger partial charge in [0, 0.05) is 5.56 Å². The molecule has 1 heterocycles. The van der Waals surface area contributed by atoms with Crippen LogP contribution in [0.5, 0.6) is 5.75 Å². The molecule has 2 aromatic carbocycles. The van der Waals surface area contributed by atoms with E-state index in [0.717, 1.165) is 11.5 Å². The summed E-state index contributed by atoms with van der Waals surface area (Å²) < 4.78 is 24.4. The molecule has 2 N–H and O–H groups in total. The highest BCUT2D eigenvalue weighted by molar-refractivity contribution is 8.16. The molecule has 2 aromatic rings. The van der Waals surface area contributed by atoms with Crippen LogP contribution in [0.1, 0.15) is 33.8 Å². The van der Waals surface area contributed by atoms with Crippen LogP contribution in [-0.2, 0) is 9.84 Å². The molecule has 3 rings (SSSR count). The van der Waals surface area contributed by atoms with Crippen LogP contribution in [0.2, 0.25) is 0 Å². The van der Waals surface area contributed by atoms with Crippen molar-refractivity contribution < 1.29 is 18.3 Å². The van der Waals surface area contributed by atoms with E-state index in [2.05, 4.69) is 5.32 Å². The first-order valence-corrected chi connectivity index (χ1v) is 12.4. The second-order valence-corrected chi connectivity index (χ2v) is 11.1. The van der Waals surface area contributed by atoms with Crippen molar-refractivity contribution >= 4 is 45.0 Å². The molecule has 0 spiro atoms. The fourth-order valence-corrected chi connectivity index (χ4v) is 6.44. The number of rotatable bonds is 5. The number of aromatic hydroxyl groups is 1. The van der Waals surface area contributed by atoms with Gasteiger partial charge in [0.15, 0.2) is 9.84 Å². The number of phenolic OH excluding ortho intramolecular Hbond substituents is 1. The molecule has 0 radical (unpaired) electrons. The lowest BCUT2D eigenvalue weighted by Crippen LogP contribution is -2.13. The van der Waals surface area contributed by atoms with Crippen LogP contribution < -0.4 is 5.32 Å². The van der Waals surface area contributed by atoms with E-state index in [1.54, 1.807) is 19.1 Å². The Morgan fingerprint density at radius 2 is 1.81 bits per heavy atom. The molecule has 0 unspecified atom stereocenters. The van der Waals surface area contributed by atoms with Crippen molar-refractivity contribution in [3.05, 3.63) is 53.6 Å². The number of carbonyl (C=O) groups excluding carboxylic acids is 1. The second-order valence-electron chi connectivity index (χ2n) is 6.09. The third-order valence-corrected chi connectivity index (χ3v) is 8.97. The number of anilines is 1. The van der Waals surface area contributed by atoms with Gasteiger partial charge in [0.05, 0.1) is 20.9 Å². The average molecular weight is 424 g/mol. The van der Waals surface area contributed by atoms with E-state index in [1.165, 1.54) is 30.2 Å². The molecule has 1 amide bonds. The number of hydrogen-bond acceptors (Lipinski definition) is 6. The summed E-state index contributed by atoms with van der Waals surface area (Å²) in [4.78, 5) is 12.6. The standard InChI is InChI=1S/C19H21NO4S3/c1-2-27(23,24)15-8-9-17(21)16(12-15)20-18(22)13-4-6-14(7-5-13)19-25-10-3-11-26-19/h4-9,12,19,21H,2-3,10-11H2,1H3,(H,20,22). The lowest BCUT2D eigenvalue weighted by molar-refractivity contribution is 0.102. The van der Waals surface area contributed by atoms with Crippen molar-refractivity contribution in [3.63, 3.8) is 0 Å². The van der Waals surface area contributed by atoms with Crippen LogP contribution >= 0.6 is 23.5 Å². The van der Waals surface area contributed by atoms with Gasteiger partial charge in [0.1, 0.15) is 5.75 Å². The van der Waals surface area contributed by atoms with Crippen LogP contribution in [0.25, 0.3) is 0 Å². The molecule has 0 atom stereocenters. The van der Waals surface area contributed by atoms with Crippen LogP contribution in [0, 0.1) is 0 Å². The van der Waals surface area contributed by atoms with Gasteiger partial charge >= 0.3 is 0 Å². The Morgan fingerprint density at radius 3 is 2.44 bits per heavy atom. The fourth-order valence-electron chi connectivity index (χ4n) is 2.64. The zero-order chi connectivity index (χ0) is 19.4. The third kappa shape index (κ3) is 4.80. The van der Waals surface area contributed by atoms with Crippen LogP contribution in [0.15, 0.2) is 47.4 Å². The monoisotopic (exact) mass is 423 g/mol. The average Bonchev–Trinajstić information content (AvgIpc) is 2.70. The molecule has 0 aromatic heterocycles. The zero-order valence-corrected chi connectivity index (χ0v) is 17.3. The molecule has 1 fully saturated rings. The Bertz CT molecular complexity index is 920. The third-order valence-electron chi connectivity index (χ3n) is 4.23. The molecule has 144 valence electrons. The minimum absolute atomic E-state index is 0.0518. The van der Waals surface area contributed by atoms with E-state index in [4.69, 9.17) is 0 Å². The van der Waals surface area contributed by atoms with E-state index in [9.17, 15) is 18.3 Å². The molecule has 5 nitrogen and oxygen atoms in total. The van der Waals surface area contributed by atoms with Crippen LogP contribution in [0.4, 0.5) is 5.69 Å². The Hall–Kier alpha value is -1.64. The molecule has 0 saturated carbocycles. The normalized spacial score (nSPS) is 15.4. The summed E-state index contributed by atoms with van der Waals surface area (Å²) in [5, 5.41) is 12.6. The second kappa shape index (κ2) is 8.58. The summed E-state index contributed by atoms with van der Waals surface area (Å²) in [5.74, 6) is 1.67. The van der Waals surface area contributed by atoms with Crippen molar-refractivity contribution in [2.75, 3.05) is 22.6 Å². The number of benzene rings is 2. The number of hydrogen-bond donors (Lipinski definition) is 2. The lowest BCUT2D eigenvalue weighted by Gasteiger charge is -2.21. The van der Waals surface area contributed by atoms with Gasteiger partial charge in [-0.1, -0.05) is 19.1 Å². The van der Waals surface area contributed by atoms with Crippen LogP contribution in [0.3, 0.4) is 0 Å². The summed E-state index contributed by atoms with van der Waals surface area (Å²) in [6.07, 6.45) is 1.22. The maximum absolute atomic E-state index is 12.5. The first kappa shape index (κ1) is 20.1. The number of sulfone groups is 1. The maximum Gasteiger partial charge on any atom is 0.255 e. The first-order valence-electron chi connectivity index (χ1n) is 8.61. The van der Waals surface area contributed by atoms with Gasteiger partial charge < -0.3 is 10.4 Å². The smallest absolute Gasteiger partial charge is 0.255 e. The van der Waals surface area contributed by atoms with E-state index in [0.29, 0.717) is 10.1 Å². The van der Waals surface area contributed by atoms with Gasteiger partial charge in [-0.15, -0.1) is 23.5 Å². The van der Waals surface area contributed by atoms with E-state index >= 15 is 0 Å². The minimum atomic E-state index is -3.42. The van der Waals surface area contributed by atoms with E-state index in [1.807, 2.05) is 35.7 Å². The molecule has 27 heavy (non-hydrogen) atoms. The Kier molecular flexibility index (Phi) is 6.39. The number of phenols is 1. The molecule has 1 aliphatic heterocycles. The zero-order valence-electron chi connectivity index (χ0n) is 14.8. The van der Waals surface area contributed by atoms with E-state index < -0.39 is 15.7 Å². The largest absolute Gasteiger partial charge is 0.506 e. The van der Waals surface area contributed by atoms with Crippen molar-refractivity contribution in [1.82, 2.24) is 0 Å². The van der Waals surface area contributed by atoms with Crippen molar-refractivity contribution in [3.8, 4) is 5.75 Å². The molecular weight excluding hydrogens is 402 g/mol. The quantitative estimate of drug-likeness (QED) is 0.698. The van der Waals surface area contributed by atoms with Crippen molar-refractivity contribution in [2.24, 2.45) is 0 Å². The molecule has 0 bridgehead atoms. The molecule has 1 aliphatic rings. The number of thioether (sulfide) groups is 2. The van der Waals surface area contributed by atoms with Crippen molar-refractivity contribution in [2.45, 2.75) is 22.8 Å². The van der Waals surface area contributed by atoms with E-state index in [-0.39, 0.29) is 22.1 Å². The highest BCUT2D eigenvalue weighted by Gasteiger charge is 2.18. The summed E-state index contributed by atoms with van der Waals surface area (Å²) in [6, 6.07) is 11.3. The number of carbonyl (C=O) groups is 1. The Morgan fingerprint density at radius 1 is 1.15 bits per heavy atom. The highest BCUT2D eigenvalue weighted by Crippen LogP contribution is 2.43. The summed E-state index contributed by atoms with van der Waals surface area (Å²) in [5.41, 5.74) is 1.71. The fraction of sp³-hybridized carbons (Fsp3) is 0.316. The summed E-state index contributed by atoms with van der Waals surface area (Å²) in [7, 11) is -3.42. The van der Waals surface area contributed by atoms with Gasteiger partial charge in [0.2, 0.25) is 0 Å². The van der Waals surface area contributed by atoms with Gasteiger partial charge in [-0.3, -0.25) is 4.79 Å². The first-order chi connectivity index (χ1) is 12.9. The molecule has 1 saturated heterocycles. The summed E-state index contributed by atoms with van der Waals surface area (Å²) >= 11 is 3.83. The van der Waals surface area contributed by atoms with Crippen LogP contribution in [-0.4, -0.2) is 36.7 Å². The Labute approximate surface area is 167 Å². The predicted octanol–water partition coefficient (Wildman–Crippen LogP) is 4.31. The number of nitrogens with one attached hydrogen (secondary N) is 1. The SMILES string of the molecule is CCS(=O)(=O)c1ccc(O)c(NC(=O)c2ccc(C3SCCCS3)cc2)c1. The molecule has 0 aliphatic carbocycles. The maximum atomic E-state index is 12.5. The lowest BCUT2D eigenvalue weighted by atomic mass is 10.1. The number of amides is 1. The minimum Gasteiger partial charge on any atom is -0.506 e. The van der Waals surface area contributed by atoms with Crippen molar-refractivity contribution in [1.29, 1.82) is 0 Å². The van der Waals surface area contributed by atoms with Gasteiger partial charge in [0.25, 0.3) is 5.91 Å². The Balaban J connectivity index is 1.76. The summed E-state index contributed by atoms with van der Waals surface area (Å²) in [6.45, 7) is 1.55. The van der Waals surface area contributed by atoms with Gasteiger partial charge in [-0.05, 0) is 53.8 Å². The highest BCUT2D eigenvalue weighted by atomic mass is 32.2. The van der Waals surface area contributed by atoms with Gasteiger partial charge in [-0.25, -0.2) is 8.42 Å². The predicted molar refractivity (Wildman–Crippen MR) is 113 cm³/mol. The molecular formula is C19H21NO4S3. The molecule has 8 heteroatoms.